The van der Waals surface area contributed by atoms with E-state index in [1.165, 1.54) is 0 Å². The predicted molar refractivity (Wildman–Crippen MR) is 77.1 cm³/mol. The van der Waals surface area contributed by atoms with E-state index in [0.29, 0.717) is 13.0 Å². The quantitative estimate of drug-likeness (QED) is 0.261. The summed E-state index contributed by atoms with van der Waals surface area (Å²) in [5.74, 6) is -0.615. The first-order chi connectivity index (χ1) is 9.55. The van der Waals surface area contributed by atoms with E-state index >= 15 is 0 Å². The van der Waals surface area contributed by atoms with Gasteiger partial charge in [0.2, 0.25) is 0 Å². The van der Waals surface area contributed by atoms with Gasteiger partial charge in [-0.2, -0.15) is 16.8 Å². The van der Waals surface area contributed by atoms with E-state index in [-0.39, 0.29) is 44.4 Å². The van der Waals surface area contributed by atoms with Crippen molar-refractivity contribution < 1.29 is 36.2 Å². The molecule has 0 atom stereocenters. The lowest BCUT2D eigenvalue weighted by atomic mass is 10.5. The fourth-order valence-corrected chi connectivity index (χ4v) is 2.15. The number of aliphatic hydroxyl groups is 2. The Bertz CT molecular complexity index is 431. The third-order valence-corrected chi connectivity index (χ3v) is 3.61. The van der Waals surface area contributed by atoms with Gasteiger partial charge in [-0.15, -0.1) is 0 Å². The van der Waals surface area contributed by atoms with Crippen LogP contribution in [-0.2, 0) is 20.2 Å². The van der Waals surface area contributed by atoms with Crippen molar-refractivity contribution in [2.75, 3.05) is 50.9 Å². The second kappa shape index (κ2) is 12.2. The second-order valence-electron chi connectivity index (χ2n) is 4.00. The Labute approximate surface area is 125 Å². The topological polar surface area (TPSA) is 178 Å². The van der Waals surface area contributed by atoms with Crippen molar-refractivity contribution in [3.8, 4) is 0 Å². The first-order valence-electron chi connectivity index (χ1n) is 6.10. The standard InChI is InChI=1S/C6H15NO5S.C3H9NO3S/c8-4-1-7(2-5-9)3-6-13(10,11)12;4-2-1-3-8(5,6)7/h8-9H,1-6H2,(H,10,11,12);1-4H2,(H,5,6,7). The summed E-state index contributed by atoms with van der Waals surface area (Å²) in [7, 11) is -7.73. The maximum absolute atomic E-state index is 10.3. The molecule has 0 amide bonds. The van der Waals surface area contributed by atoms with Crippen LogP contribution >= 0.6 is 0 Å². The average molecular weight is 352 g/mol. The molecule has 21 heavy (non-hydrogen) atoms. The molecule has 0 aromatic carbocycles. The fourth-order valence-electron chi connectivity index (χ4n) is 1.13. The van der Waals surface area contributed by atoms with Gasteiger partial charge < -0.3 is 15.9 Å². The Balaban J connectivity index is 0. The van der Waals surface area contributed by atoms with E-state index in [9.17, 15) is 16.8 Å². The lowest BCUT2D eigenvalue weighted by Gasteiger charge is -2.18. The van der Waals surface area contributed by atoms with Crippen molar-refractivity contribution >= 4 is 20.2 Å². The van der Waals surface area contributed by atoms with Gasteiger partial charge in [0.15, 0.2) is 0 Å². The first-order valence-corrected chi connectivity index (χ1v) is 9.32. The van der Waals surface area contributed by atoms with Gasteiger partial charge in [0, 0.05) is 19.6 Å². The van der Waals surface area contributed by atoms with Crippen LogP contribution in [0.1, 0.15) is 6.42 Å². The van der Waals surface area contributed by atoms with Crippen LogP contribution in [0.2, 0.25) is 0 Å². The first kappa shape index (κ1) is 22.9. The second-order valence-corrected chi connectivity index (χ2v) is 7.15. The van der Waals surface area contributed by atoms with E-state index in [2.05, 4.69) is 0 Å². The summed E-state index contributed by atoms with van der Waals surface area (Å²) in [4.78, 5) is 1.55. The van der Waals surface area contributed by atoms with Gasteiger partial charge in [-0.25, -0.2) is 0 Å². The zero-order valence-electron chi connectivity index (χ0n) is 11.6. The molecule has 0 aliphatic carbocycles. The molecule has 0 bridgehead atoms. The molecule has 0 fully saturated rings. The van der Waals surface area contributed by atoms with Crippen LogP contribution in [0.15, 0.2) is 0 Å². The Hall–Kier alpha value is -0.340. The molecule has 0 heterocycles. The molecule has 0 aliphatic heterocycles. The largest absolute Gasteiger partial charge is 0.395 e. The zero-order chi connectivity index (χ0) is 16.9. The van der Waals surface area contributed by atoms with Crippen LogP contribution in [0.25, 0.3) is 0 Å². The Morgan fingerprint density at radius 1 is 0.810 bits per heavy atom. The third-order valence-electron chi connectivity index (χ3n) is 2.10. The normalized spacial score (nSPS) is 12.1. The van der Waals surface area contributed by atoms with E-state index in [1.807, 2.05) is 0 Å². The summed E-state index contributed by atoms with van der Waals surface area (Å²) in [6.07, 6.45) is 0.318. The highest BCUT2D eigenvalue weighted by Gasteiger charge is 2.09. The molecule has 12 heteroatoms. The molecule has 130 valence electrons. The highest BCUT2D eigenvalue weighted by Crippen LogP contribution is 1.90. The summed E-state index contributed by atoms with van der Waals surface area (Å²) >= 11 is 0. The molecule has 0 aliphatic rings. The van der Waals surface area contributed by atoms with E-state index in [1.54, 1.807) is 4.90 Å². The highest BCUT2D eigenvalue weighted by atomic mass is 32.2. The summed E-state index contributed by atoms with van der Waals surface area (Å²) in [6, 6.07) is 0. The zero-order valence-corrected chi connectivity index (χ0v) is 13.3. The average Bonchev–Trinajstić information content (AvgIpc) is 2.33. The maximum Gasteiger partial charge on any atom is 0.266 e. The number of hydrogen-bond acceptors (Lipinski definition) is 8. The summed E-state index contributed by atoms with van der Waals surface area (Å²) in [6.45, 7) is 0.767. The molecule has 0 saturated heterocycles. The van der Waals surface area contributed by atoms with Crippen LogP contribution in [0.5, 0.6) is 0 Å². The Kier molecular flexibility index (Phi) is 13.4. The molecule has 0 radical (unpaired) electrons. The number of aliphatic hydroxyl groups excluding tert-OH is 2. The lowest BCUT2D eigenvalue weighted by Crippen LogP contribution is -2.34. The fraction of sp³-hybridized carbons (Fsp3) is 1.00. The molecule has 0 rings (SSSR count). The van der Waals surface area contributed by atoms with Gasteiger partial charge >= 0.3 is 0 Å². The summed E-state index contributed by atoms with van der Waals surface area (Å²) in [5.41, 5.74) is 4.96. The molecule has 0 unspecified atom stereocenters. The monoisotopic (exact) mass is 352 g/mol. The van der Waals surface area contributed by atoms with Crippen molar-refractivity contribution in [3.05, 3.63) is 0 Å². The van der Waals surface area contributed by atoms with Gasteiger partial charge in [-0.3, -0.25) is 14.0 Å². The van der Waals surface area contributed by atoms with Crippen molar-refractivity contribution in [1.29, 1.82) is 0 Å². The van der Waals surface area contributed by atoms with Crippen LogP contribution < -0.4 is 5.73 Å². The predicted octanol–water partition coefficient (Wildman–Crippen LogP) is -2.62. The summed E-state index contributed by atoms with van der Waals surface area (Å²) in [5, 5.41) is 17.1. The van der Waals surface area contributed by atoms with Crippen molar-refractivity contribution in [2.45, 2.75) is 6.42 Å². The molecule has 0 spiro atoms. The van der Waals surface area contributed by atoms with Crippen LogP contribution in [0.4, 0.5) is 0 Å². The molecular formula is C9H24N2O8S2. The number of nitrogens with zero attached hydrogens (tertiary/aromatic N) is 1. The minimum atomic E-state index is -3.96. The van der Waals surface area contributed by atoms with Crippen molar-refractivity contribution in [3.63, 3.8) is 0 Å². The molecule has 6 N–H and O–H groups in total. The van der Waals surface area contributed by atoms with Crippen molar-refractivity contribution in [2.24, 2.45) is 5.73 Å². The Morgan fingerprint density at radius 3 is 1.48 bits per heavy atom. The van der Waals surface area contributed by atoms with Crippen LogP contribution in [-0.4, -0.2) is 92.0 Å². The molecule has 0 saturated carbocycles. The van der Waals surface area contributed by atoms with Gasteiger partial charge in [0.1, 0.15) is 0 Å². The van der Waals surface area contributed by atoms with Crippen LogP contribution in [0, 0.1) is 0 Å². The van der Waals surface area contributed by atoms with E-state index in [0.717, 1.165) is 0 Å². The van der Waals surface area contributed by atoms with Crippen molar-refractivity contribution in [1.82, 2.24) is 4.90 Å². The van der Waals surface area contributed by atoms with Gasteiger partial charge in [-0.05, 0) is 13.0 Å². The Morgan fingerprint density at radius 2 is 1.24 bits per heavy atom. The van der Waals surface area contributed by atoms with Gasteiger partial charge in [0.25, 0.3) is 20.2 Å². The third kappa shape index (κ3) is 22.1. The lowest BCUT2D eigenvalue weighted by molar-refractivity contribution is 0.166. The summed E-state index contributed by atoms with van der Waals surface area (Å²) < 4.78 is 57.0. The highest BCUT2D eigenvalue weighted by molar-refractivity contribution is 7.86. The van der Waals surface area contributed by atoms with Gasteiger partial charge in [0.05, 0.1) is 24.7 Å². The van der Waals surface area contributed by atoms with Crippen LogP contribution in [0.3, 0.4) is 0 Å². The number of hydrogen-bond donors (Lipinski definition) is 5. The maximum atomic E-state index is 10.3. The molecular weight excluding hydrogens is 328 g/mol. The molecule has 10 nitrogen and oxygen atoms in total. The minimum Gasteiger partial charge on any atom is -0.395 e. The molecule has 0 aromatic rings. The number of rotatable bonds is 10. The number of nitrogens with two attached hydrogens (primary N) is 1. The van der Waals surface area contributed by atoms with E-state index < -0.39 is 20.2 Å². The van der Waals surface area contributed by atoms with E-state index in [4.69, 9.17) is 25.1 Å². The minimum absolute atomic E-state index is 0.106. The smallest absolute Gasteiger partial charge is 0.266 e. The van der Waals surface area contributed by atoms with Gasteiger partial charge in [-0.1, -0.05) is 0 Å². The molecule has 0 aromatic heterocycles. The SMILES string of the molecule is NCCCS(=O)(=O)O.O=S(=O)(O)CCN(CCO)CCO.